The number of carbonyl (C=O) groups excluding carboxylic acids is 1. The van der Waals surface area contributed by atoms with Crippen molar-refractivity contribution in [3.05, 3.63) is 35.6 Å². The van der Waals surface area contributed by atoms with E-state index < -0.39 is 16.1 Å². The third-order valence-electron chi connectivity index (χ3n) is 4.92. The van der Waals surface area contributed by atoms with Gasteiger partial charge in [0.2, 0.25) is 10.0 Å². The molecule has 1 aromatic heterocycles. The first-order valence-electron chi connectivity index (χ1n) is 8.99. The number of fused-ring (bicyclic) bond motifs is 1. The zero-order chi connectivity index (χ0) is 19.7. The van der Waals surface area contributed by atoms with Crippen LogP contribution < -0.4 is 5.32 Å². The van der Waals surface area contributed by atoms with E-state index in [-0.39, 0.29) is 35.0 Å². The molecule has 1 unspecified atom stereocenters. The largest absolute Gasteiger partial charge is 0.376 e. The van der Waals surface area contributed by atoms with Crippen molar-refractivity contribution in [2.45, 2.75) is 23.5 Å². The number of hydrogen-bond acceptors (Lipinski definition) is 6. The van der Waals surface area contributed by atoms with Crippen LogP contribution >= 0.6 is 11.6 Å². The van der Waals surface area contributed by atoms with Gasteiger partial charge in [-0.25, -0.2) is 8.42 Å². The van der Waals surface area contributed by atoms with Gasteiger partial charge in [-0.3, -0.25) is 9.78 Å². The van der Waals surface area contributed by atoms with Gasteiger partial charge in [0, 0.05) is 42.3 Å². The zero-order valence-corrected chi connectivity index (χ0v) is 16.6. The Kier molecular flexibility index (Phi) is 5.52. The van der Waals surface area contributed by atoms with E-state index in [1.54, 1.807) is 24.4 Å². The number of rotatable bonds is 4. The fourth-order valence-electron chi connectivity index (χ4n) is 3.51. The van der Waals surface area contributed by atoms with Crippen LogP contribution in [0.1, 0.15) is 6.42 Å². The molecule has 0 bridgehead atoms. The normalized spacial score (nSPS) is 23.8. The van der Waals surface area contributed by atoms with Gasteiger partial charge in [-0.05, 0) is 12.5 Å². The second kappa shape index (κ2) is 7.92. The van der Waals surface area contributed by atoms with Crippen LogP contribution in [0.5, 0.6) is 0 Å². The van der Waals surface area contributed by atoms with Crippen LogP contribution in [0.3, 0.4) is 0 Å². The topological polar surface area (TPSA) is 97.8 Å². The minimum absolute atomic E-state index is 0.147. The number of sulfonamides is 1. The van der Waals surface area contributed by atoms with Crippen LogP contribution in [0.2, 0.25) is 5.02 Å². The molecular formula is C18H20ClN3O5S. The summed E-state index contributed by atoms with van der Waals surface area (Å²) in [7, 11) is -3.77. The number of amides is 1. The first-order chi connectivity index (χ1) is 13.5. The molecule has 28 heavy (non-hydrogen) atoms. The Balaban J connectivity index is 1.51. The van der Waals surface area contributed by atoms with Gasteiger partial charge < -0.3 is 14.8 Å². The van der Waals surface area contributed by atoms with Crippen LogP contribution in [0.4, 0.5) is 0 Å². The molecule has 1 aromatic carbocycles. The van der Waals surface area contributed by atoms with Gasteiger partial charge in [0.15, 0.2) is 6.10 Å². The Morgan fingerprint density at radius 1 is 1.29 bits per heavy atom. The Bertz CT molecular complexity index is 989. The number of halogens is 1. The number of aromatic nitrogens is 1. The molecule has 8 nitrogen and oxygen atoms in total. The lowest BCUT2D eigenvalue weighted by Gasteiger charge is -2.24. The van der Waals surface area contributed by atoms with Crippen LogP contribution in [-0.2, 0) is 24.3 Å². The molecule has 1 amide bonds. The number of ether oxygens (including phenoxy) is 2. The minimum atomic E-state index is -3.77. The highest BCUT2D eigenvalue weighted by Crippen LogP contribution is 2.32. The molecule has 1 N–H and O–H groups in total. The van der Waals surface area contributed by atoms with Crippen molar-refractivity contribution in [3.8, 4) is 0 Å². The first-order valence-corrected chi connectivity index (χ1v) is 10.8. The van der Waals surface area contributed by atoms with Crippen molar-refractivity contribution in [2.24, 2.45) is 0 Å². The summed E-state index contributed by atoms with van der Waals surface area (Å²) in [5.74, 6) is -0.275. The van der Waals surface area contributed by atoms with Gasteiger partial charge in [0.05, 0.1) is 29.7 Å². The van der Waals surface area contributed by atoms with E-state index in [4.69, 9.17) is 21.1 Å². The number of benzene rings is 1. The fraction of sp³-hybridized carbons (Fsp3) is 0.444. The number of nitrogens with one attached hydrogen (secondary N) is 1. The smallest absolute Gasteiger partial charge is 0.251 e. The van der Waals surface area contributed by atoms with E-state index >= 15 is 0 Å². The van der Waals surface area contributed by atoms with Gasteiger partial charge in [-0.15, -0.1) is 0 Å². The molecular weight excluding hydrogens is 406 g/mol. The highest BCUT2D eigenvalue weighted by Gasteiger charge is 2.35. The predicted octanol–water partition coefficient (Wildman–Crippen LogP) is 1.18. The van der Waals surface area contributed by atoms with Crippen molar-refractivity contribution in [3.63, 3.8) is 0 Å². The fourth-order valence-corrected chi connectivity index (χ4v) is 5.57. The third-order valence-corrected chi connectivity index (χ3v) is 7.12. The quantitative estimate of drug-likeness (QED) is 0.790. The Hall–Kier alpha value is -1.78. The molecule has 10 heteroatoms. The number of hydrogen-bond donors (Lipinski definition) is 1. The lowest BCUT2D eigenvalue weighted by atomic mass is 10.2. The van der Waals surface area contributed by atoms with E-state index in [9.17, 15) is 13.2 Å². The highest BCUT2D eigenvalue weighted by molar-refractivity contribution is 7.89. The van der Waals surface area contributed by atoms with Crippen molar-refractivity contribution in [1.29, 1.82) is 0 Å². The van der Waals surface area contributed by atoms with Gasteiger partial charge >= 0.3 is 0 Å². The molecule has 3 heterocycles. The lowest BCUT2D eigenvalue weighted by molar-refractivity contribution is -0.148. The zero-order valence-electron chi connectivity index (χ0n) is 15.0. The Morgan fingerprint density at radius 2 is 2.14 bits per heavy atom. The molecule has 2 aliphatic rings. The van der Waals surface area contributed by atoms with E-state index in [1.807, 2.05) is 0 Å². The van der Waals surface area contributed by atoms with Gasteiger partial charge in [-0.1, -0.05) is 23.7 Å². The van der Waals surface area contributed by atoms with Crippen LogP contribution in [0, 0.1) is 0 Å². The molecule has 2 aliphatic heterocycles. The molecule has 2 saturated heterocycles. The van der Waals surface area contributed by atoms with Crippen molar-refractivity contribution < 1.29 is 22.7 Å². The average Bonchev–Trinajstić information content (AvgIpc) is 3.18. The standard InChI is InChI=1S/C18H20ClN3O5S/c19-14-9-20-8-12-2-1-3-16(17(12)14)28(24,25)22-5-4-13(10-22)21-18(23)15-11-26-6-7-27-15/h1-3,8-9,13,15H,4-7,10-11H2,(H,21,23)/t13-,15?/m0/s1. The summed E-state index contributed by atoms with van der Waals surface area (Å²) in [6, 6.07) is 4.71. The van der Waals surface area contributed by atoms with Crippen molar-refractivity contribution in [2.75, 3.05) is 32.9 Å². The summed E-state index contributed by atoms with van der Waals surface area (Å²) >= 11 is 6.23. The van der Waals surface area contributed by atoms with Gasteiger partial charge in [0.1, 0.15) is 0 Å². The summed E-state index contributed by atoms with van der Waals surface area (Å²) in [5, 5.41) is 4.27. The molecule has 0 radical (unpaired) electrons. The summed E-state index contributed by atoms with van der Waals surface area (Å²) in [6.45, 7) is 1.57. The maximum absolute atomic E-state index is 13.2. The maximum Gasteiger partial charge on any atom is 0.251 e. The van der Waals surface area contributed by atoms with E-state index in [2.05, 4.69) is 10.3 Å². The summed E-state index contributed by atoms with van der Waals surface area (Å²) in [5.41, 5.74) is 0. The molecule has 0 spiro atoms. The van der Waals surface area contributed by atoms with Gasteiger partial charge in [-0.2, -0.15) is 4.31 Å². The molecule has 4 rings (SSSR count). The second-order valence-electron chi connectivity index (χ2n) is 6.77. The molecule has 0 saturated carbocycles. The number of pyridine rings is 1. The Morgan fingerprint density at radius 3 is 2.93 bits per heavy atom. The van der Waals surface area contributed by atoms with Crippen LogP contribution in [-0.4, -0.2) is 68.7 Å². The third kappa shape index (κ3) is 3.72. The van der Waals surface area contributed by atoms with E-state index in [0.29, 0.717) is 37.0 Å². The molecule has 2 aromatic rings. The molecule has 150 valence electrons. The van der Waals surface area contributed by atoms with E-state index in [0.717, 1.165) is 0 Å². The minimum Gasteiger partial charge on any atom is -0.376 e. The van der Waals surface area contributed by atoms with Gasteiger partial charge in [0.25, 0.3) is 5.91 Å². The van der Waals surface area contributed by atoms with Crippen molar-refractivity contribution in [1.82, 2.24) is 14.6 Å². The monoisotopic (exact) mass is 425 g/mol. The SMILES string of the molecule is O=C(N[C@H]1CCN(S(=O)(=O)c2cccc3cncc(Cl)c23)C1)C1COCCO1. The molecule has 2 atom stereocenters. The summed E-state index contributed by atoms with van der Waals surface area (Å²) in [4.78, 5) is 16.5. The molecule has 0 aliphatic carbocycles. The first kappa shape index (κ1) is 19.5. The van der Waals surface area contributed by atoms with E-state index in [1.165, 1.54) is 10.5 Å². The summed E-state index contributed by atoms with van der Waals surface area (Å²) < 4.78 is 38.5. The predicted molar refractivity (Wildman–Crippen MR) is 103 cm³/mol. The maximum atomic E-state index is 13.2. The molecule has 2 fully saturated rings. The summed E-state index contributed by atoms with van der Waals surface area (Å²) in [6.07, 6.45) is 2.89. The number of nitrogens with zero attached hydrogens (tertiary/aromatic N) is 2. The Labute approximate surface area is 167 Å². The lowest BCUT2D eigenvalue weighted by Crippen LogP contribution is -2.47. The van der Waals surface area contributed by atoms with Crippen LogP contribution in [0.15, 0.2) is 35.5 Å². The second-order valence-corrected chi connectivity index (χ2v) is 9.08. The van der Waals surface area contributed by atoms with Crippen molar-refractivity contribution >= 4 is 38.3 Å². The van der Waals surface area contributed by atoms with Crippen LogP contribution in [0.25, 0.3) is 10.8 Å². The average molecular weight is 426 g/mol. The number of carbonyl (C=O) groups is 1. The highest BCUT2D eigenvalue weighted by atomic mass is 35.5.